The Balaban J connectivity index is 2.08. The van der Waals surface area contributed by atoms with Gasteiger partial charge in [0, 0.05) is 13.2 Å². The monoisotopic (exact) mass is 272 g/mol. The van der Waals surface area contributed by atoms with Gasteiger partial charge in [0.2, 0.25) is 0 Å². The first-order valence-corrected chi connectivity index (χ1v) is 6.68. The van der Waals surface area contributed by atoms with Gasteiger partial charge in [0.05, 0.1) is 5.69 Å². The number of hydrogen-bond donors (Lipinski definition) is 1. The summed E-state index contributed by atoms with van der Waals surface area (Å²) in [6, 6.07) is 14.4. The third-order valence-electron chi connectivity index (χ3n) is 3.70. The molecule has 1 saturated heterocycles. The first kappa shape index (κ1) is 12.2. The van der Waals surface area contributed by atoms with Crippen molar-refractivity contribution in [3.63, 3.8) is 0 Å². The molecule has 3 nitrogen and oxygen atoms in total. The van der Waals surface area contributed by atoms with Gasteiger partial charge in [0.15, 0.2) is 5.60 Å². The average Bonchev–Trinajstić information content (AvgIpc) is 2.95. The van der Waals surface area contributed by atoms with E-state index in [2.05, 4.69) is 35.0 Å². The van der Waals surface area contributed by atoms with Gasteiger partial charge >= 0.3 is 0 Å². The molecule has 1 aliphatic rings. The van der Waals surface area contributed by atoms with E-state index < -0.39 is 5.60 Å². The molecule has 1 aromatic carbocycles. The standard InChI is InChI=1S/C15H16N2OS/c1-15(12-9-6-10-17(12)2)13(16-14(19)18-15)11-7-4-3-5-8-11/h3-10,13H,1-2H3,(H,16,19)/t13-,15+/m0/s1. The van der Waals surface area contributed by atoms with Crippen LogP contribution in [-0.2, 0) is 17.4 Å². The van der Waals surface area contributed by atoms with E-state index in [0.29, 0.717) is 5.17 Å². The highest BCUT2D eigenvalue weighted by Crippen LogP contribution is 2.42. The zero-order valence-electron chi connectivity index (χ0n) is 11.0. The number of benzene rings is 1. The fourth-order valence-corrected chi connectivity index (χ4v) is 3.05. The van der Waals surface area contributed by atoms with Crippen molar-refractivity contribution in [2.75, 3.05) is 0 Å². The molecule has 0 amide bonds. The lowest BCUT2D eigenvalue weighted by molar-refractivity contribution is 0.0749. The highest BCUT2D eigenvalue weighted by Gasteiger charge is 2.47. The van der Waals surface area contributed by atoms with Crippen LogP contribution < -0.4 is 5.32 Å². The number of thiocarbonyl (C=S) groups is 1. The van der Waals surface area contributed by atoms with Gasteiger partial charge in [-0.05, 0) is 36.8 Å². The lowest BCUT2D eigenvalue weighted by atomic mass is 9.88. The van der Waals surface area contributed by atoms with Gasteiger partial charge in [0.1, 0.15) is 6.04 Å². The van der Waals surface area contributed by atoms with E-state index in [4.69, 9.17) is 17.0 Å². The number of aryl methyl sites for hydroxylation is 1. The third-order valence-corrected chi connectivity index (χ3v) is 3.90. The van der Waals surface area contributed by atoms with E-state index in [1.807, 2.05) is 37.5 Å². The van der Waals surface area contributed by atoms with Crippen molar-refractivity contribution in [2.45, 2.75) is 18.6 Å². The molecular weight excluding hydrogens is 256 g/mol. The van der Waals surface area contributed by atoms with Gasteiger partial charge in [-0.3, -0.25) is 0 Å². The first-order valence-electron chi connectivity index (χ1n) is 6.27. The van der Waals surface area contributed by atoms with Crippen LogP contribution in [0.4, 0.5) is 0 Å². The Morgan fingerprint density at radius 3 is 2.58 bits per heavy atom. The van der Waals surface area contributed by atoms with Crippen LogP contribution in [0.3, 0.4) is 0 Å². The normalized spacial score (nSPS) is 26.0. The summed E-state index contributed by atoms with van der Waals surface area (Å²) in [5.74, 6) is 0. The summed E-state index contributed by atoms with van der Waals surface area (Å²) in [6.07, 6.45) is 2.02. The summed E-state index contributed by atoms with van der Waals surface area (Å²) < 4.78 is 8.02. The van der Waals surface area contributed by atoms with Crippen molar-refractivity contribution in [3.05, 3.63) is 59.9 Å². The van der Waals surface area contributed by atoms with Crippen LogP contribution in [0.1, 0.15) is 24.2 Å². The number of aromatic nitrogens is 1. The molecule has 1 aliphatic heterocycles. The maximum Gasteiger partial charge on any atom is 0.258 e. The smallest absolute Gasteiger partial charge is 0.258 e. The van der Waals surface area contributed by atoms with E-state index in [9.17, 15) is 0 Å². The molecule has 0 aliphatic carbocycles. The van der Waals surface area contributed by atoms with Crippen LogP contribution in [0.25, 0.3) is 0 Å². The van der Waals surface area contributed by atoms with Crippen molar-refractivity contribution >= 4 is 17.4 Å². The topological polar surface area (TPSA) is 26.2 Å². The quantitative estimate of drug-likeness (QED) is 0.851. The van der Waals surface area contributed by atoms with Crippen LogP contribution in [0.5, 0.6) is 0 Å². The molecule has 0 saturated carbocycles. The minimum Gasteiger partial charge on any atom is -0.456 e. The Hall–Kier alpha value is -1.81. The number of hydrogen-bond acceptors (Lipinski definition) is 2. The van der Waals surface area contributed by atoms with E-state index in [0.717, 1.165) is 5.69 Å². The Kier molecular flexibility index (Phi) is 2.82. The van der Waals surface area contributed by atoms with Crippen molar-refractivity contribution in [1.29, 1.82) is 0 Å². The van der Waals surface area contributed by atoms with Crippen LogP contribution in [0, 0.1) is 0 Å². The minimum absolute atomic E-state index is 0.0230. The summed E-state index contributed by atoms with van der Waals surface area (Å²) in [4.78, 5) is 0. The predicted octanol–water partition coefficient (Wildman–Crippen LogP) is 2.89. The largest absolute Gasteiger partial charge is 0.456 e. The average molecular weight is 272 g/mol. The molecule has 0 bridgehead atoms. The zero-order valence-corrected chi connectivity index (χ0v) is 11.8. The van der Waals surface area contributed by atoms with Crippen LogP contribution in [-0.4, -0.2) is 9.74 Å². The maximum atomic E-state index is 5.94. The Labute approximate surface area is 118 Å². The predicted molar refractivity (Wildman–Crippen MR) is 78.8 cm³/mol. The number of rotatable bonds is 2. The van der Waals surface area contributed by atoms with Crippen LogP contribution in [0.15, 0.2) is 48.7 Å². The minimum atomic E-state index is -0.489. The molecule has 3 rings (SSSR count). The second-order valence-corrected chi connectivity index (χ2v) is 5.36. The molecule has 0 spiro atoms. The highest BCUT2D eigenvalue weighted by atomic mass is 32.1. The second kappa shape index (κ2) is 4.38. The van der Waals surface area contributed by atoms with Gasteiger partial charge in [-0.1, -0.05) is 30.3 Å². The zero-order chi connectivity index (χ0) is 13.5. The van der Waals surface area contributed by atoms with E-state index in [1.54, 1.807) is 0 Å². The fraction of sp³-hybridized carbons (Fsp3) is 0.267. The fourth-order valence-electron chi connectivity index (χ4n) is 2.76. The summed E-state index contributed by atoms with van der Waals surface area (Å²) in [5.41, 5.74) is 1.79. The van der Waals surface area contributed by atoms with Crippen molar-refractivity contribution in [1.82, 2.24) is 9.88 Å². The molecule has 0 unspecified atom stereocenters. The van der Waals surface area contributed by atoms with Gasteiger partial charge in [0.25, 0.3) is 5.17 Å². The number of ether oxygens (including phenoxy) is 1. The first-order chi connectivity index (χ1) is 9.11. The van der Waals surface area contributed by atoms with Crippen LogP contribution >= 0.6 is 12.2 Å². The Morgan fingerprint density at radius 1 is 1.21 bits per heavy atom. The van der Waals surface area contributed by atoms with E-state index >= 15 is 0 Å². The van der Waals surface area contributed by atoms with E-state index in [1.165, 1.54) is 5.56 Å². The molecule has 0 radical (unpaired) electrons. The summed E-state index contributed by atoms with van der Waals surface area (Å²) >= 11 is 5.22. The molecule has 2 atom stereocenters. The lowest BCUT2D eigenvalue weighted by Gasteiger charge is -2.29. The maximum absolute atomic E-state index is 5.94. The van der Waals surface area contributed by atoms with Crippen LogP contribution in [0.2, 0.25) is 0 Å². The molecule has 2 aromatic rings. The Bertz CT molecular complexity index is 608. The lowest BCUT2D eigenvalue weighted by Crippen LogP contribution is -2.32. The van der Waals surface area contributed by atoms with Gasteiger partial charge < -0.3 is 14.6 Å². The summed E-state index contributed by atoms with van der Waals surface area (Å²) in [7, 11) is 2.02. The van der Waals surface area contributed by atoms with Crippen molar-refractivity contribution < 1.29 is 4.74 Å². The third kappa shape index (κ3) is 1.92. The van der Waals surface area contributed by atoms with Gasteiger partial charge in [-0.25, -0.2) is 0 Å². The van der Waals surface area contributed by atoms with Gasteiger partial charge in [-0.15, -0.1) is 0 Å². The number of nitrogens with one attached hydrogen (secondary N) is 1. The summed E-state index contributed by atoms with van der Waals surface area (Å²) in [6.45, 7) is 2.08. The van der Waals surface area contributed by atoms with Gasteiger partial charge in [-0.2, -0.15) is 0 Å². The Morgan fingerprint density at radius 2 is 1.95 bits per heavy atom. The molecule has 1 aromatic heterocycles. The molecule has 1 N–H and O–H groups in total. The molecule has 98 valence electrons. The molecule has 2 heterocycles. The SMILES string of the molecule is Cn1cccc1[C@@]1(C)OC(=S)N[C@H]1c1ccccc1. The second-order valence-electron chi connectivity index (χ2n) is 4.99. The highest BCUT2D eigenvalue weighted by molar-refractivity contribution is 7.80. The molecule has 4 heteroatoms. The molecular formula is C15H16N2OS. The summed E-state index contributed by atoms with van der Waals surface area (Å²) in [5, 5.41) is 3.73. The van der Waals surface area contributed by atoms with E-state index in [-0.39, 0.29) is 6.04 Å². The van der Waals surface area contributed by atoms with Crippen molar-refractivity contribution in [2.24, 2.45) is 7.05 Å². The molecule has 1 fully saturated rings. The number of nitrogens with zero attached hydrogens (tertiary/aromatic N) is 1. The molecule has 19 heavy (non-hydrogen) atoms. The van der Waals surface area contributed by atoms with Crippen molar-refractivity contribution in [3.8, 4) is 0 Å².